The normalized spacial score (nSPS) is 11.6. The van der Waals surface area contributed by atoms with Crippen molar-refractivity contribution < 1.29 is 39.6 Å². The van der Waals surface area contributed by atoms with Crippen LogP contribution in [0.2, 0.25) is 0 Å². The van der Waals surface area contributed by atoms with Gasteiger partial charge in [-0.25, -0.2) is 9.80 Å². The number of hydrogen-bond acceptors (Lipinski definition) is 10. The van der Waals surface area contributed by atoms with E-state index in [9.17, 15) is 39.6 Å². The third kappa shape index (κ3) is 5.44. The van der Waals surface area contributed by atoms with Crippen LogP contribution in [0.3, 0.4) is 0 Å². The fourth-order valence-corrected chi connectivity index (χ4v) is 3.01. The van der Waals surface area contributed by atoms with Gasteiger partial charge in [0.1, 0.15) is 0 Å². The number of carbonyl (C=O) groups excluding carboxylic acids is 4. The van der Waals surface area contributed by atoms with E-state index in [1.165, 1.54) is 0 Å². The standard InChI is InChI=1S/C8H12N2O8S2/c11-3-9(4-12)7(15,16)1-19-20-2-8(17,18)10(5-13)6-14/h3-6,15-18H,1-2H2. The van der Waals surface area contributed by atoms with Crippen LogP contribution in [-0.2, 0) is 19.2 Å². The van der Waals surface area contributed by atoms with Gasteiger partial charge in [-0.1, -0.05) is 21.6 Å². The molecule has 0 aliphatic carbocycles. The summed E-state index contributed by atoms with van der Waals surface area (Å²) < 4.78 is 0. The van der Waals surface area contributed by atoms with Crippen molar-refractivity contribution >= 4 is 47.2 Å². The van der Waals surface area contributed by atoms with Crippen LogP contribution >= 0.6 is 21.6 Å². The second kappa shape index (κ2) is 8.18. The highest BCUT2D eigenvalue weighted by molar-refractivity contribution is 8.76. The monoisotopic (exact) mass is 328 g/mol. The van der Waals surface area contributed by atoms with E-state index >= 15 is 0 Å². The molecule has 0 aliphatic heterocycles. The van der Waals surface area contributed by atoms with Gasteiger partial charge in [0.2, 0.25) is 25.6 Å². The molecule has 0 atom stereocenters. The van der Waals surface area contributed by atoms with Crippen LogP contribution in [0.5, 0.6) is 0 Å². The summed E-state index contributed by atoms with van der Waals surface area (Å²) in [6.45, 7) is 0. The highest BCUT2D eigenvalue weighted by atomic mass is 33.1. The Morgan fingerprint density at radius 2 is 0.950 bits per heavy atom. The van der Waals surface area contributed by atoms with Crippen molar-refractivity contribution in [1.29, 1.82) is 0 Å². The summed E-state index contributed by atoms with van der Waals surface area (Å²) in [6.07, 6.45) is -0.384. The Hall–Kier alpha value is -1.18. The molecule has 4 amide bonds. The van der Waals surface area contributed by atoms with Crippen LogP contribution in [0.25, 0.3) is 0 Å². The zero-order chi connectivity index (χ0) is 15.8. The third-order valence-electron chi connectivity index (χ3n) is 1.87. The number of rotatable bonds is 11. The molecule has 0 aliphatic rings. The Kier molecular flexibility index (Phi) is 7.70. The molecule has 20 heavy (non-hydrogen) atoms. The van der Waals surface area contributed by atoms with Crippen molar-refractivity contribution in [1.82, 2.24) is 9.80 Å². The van der Waals surface area contributed by atoms with Crippen molar-refractivity contribution in [2.75, 3.05) is 11.5 Å². The van der Waals surface area contributed by atoms with E-state index in [1.807, 2.05) is 0 Å². The Morgan fingerprint density at radius 1 is 0.700 bits per heavy atom. The van der Waals surface area contributed by atoms with Crippen LogP contribution in [0.4, 0.5) is 0 Å². The van der Waals surface area contributed by atoms with E-state index in [-0.39, 0.29) is 35.4 Å². The van der Waals surface area contributed by atoms with E-state index < -0.39 is 23.3 Å². The molecule has 0 fully saturated rings. The number of amides is 4. The summed E-state index contributed by atoms with van der Waals surface area (Å²) in [7, 11) is 1.33. The summed E-state index contributed by atoms with van der Waals surface area (Å²) in [5.74, 6) is -6.62. The van der Waals surface area contributed by atoms with E-state index in [0.717, 1.165) is 0 Å². The molecule has 0 rings (SSSR count). The molecule has 0 unspecified atom stereocenters. The van der Waals surface area contributed by atoms with Gasteiger partial charge in [0.25, 0.3) is 11.8 Å². The minimum absolute atomic E-state index is 0.0643. The maximum atomic E-state index is 10.3. The molecule has 12 heteroatoms. The maximum Gasteiger partial charge on any atom is 0.265 e. The van der Waals surface area contributed by atoms with Gasteiger partial charge in [-0.2, -0.15) is 0 Å². The molecule has 0 heterocycles. The summed E-state index contributed by atoms with van der Waals surface area (Å²) in [5.41, 5.74) is 0. The Labute approximate surface area is 120 Å². The lowest BCUT2D eigenvalue weighted by Crippen LogP contribution is -2.50. The van der Waals surface area contributed by atoms with Crippen LogP contribution in [0.1, 0.15) is 0 Å². The average molecular weight is 328 g/mol. The molecular weight excluding hydrogens is 316 g/mol. The van der Waals surface area contributed by atoms with Crippen molar-refractivity contribution in [3.8, 4) is 0 Å². The van der Waals surface area contributed by atoms with E-state index in [4.69, 9.17) is 0 Å². The van der Waals surface area contributed by atoms with Gasteiger partial charge in [0.15, 0.2) is 0 Å². The Morgan fingerprint density at radius 3 is 1.15 bits per heavy atom. The molecule has 0 radical (unpaired) electrons. The van der Waals surface area contributed by atoms with Crippen LogP contribution < -0.4 is 0 Å². The molecule has 0 aromatic heterocycles. The van der Waals surface area contributed by atoms with Gasteiger partial charge in [0, 0.05) is 0 Å². The number of hydrogen-bond donors (Lipinski definition) is 4. The van der Waals surface area contributed by atoms with Crippen molar-refractivity contribution in [2.45, 2.75) is 11.8 Å². The molecule has 0 bridgehead atoms. The summed E-state index contributed by atoms with van der Waals surface area (Å²) in [4.78, 5) is 41.5. The van der Waals surface area contributed by atoms with Gasteiger partial charge in [0.05, 0.1) is 11.5 Å². The molecule has 10 nitrogen and oxygen atoms in total. The summed E-state index contributed by atoms with van der Waals surface area (Å²) in [5, 5.41) is 37.4. The molecule has 0 aromatic rings. The minimum Gasteiger partial charge on any atom is -0.348 e. The Bertz CT molecular complexity index is 314. The topological polar surface area (TPSA) is 156 Å². The zero-order valence-electron chi connectivity index (χ0n) is 9.86. The molecule has 0 saturated heterocycles. The predicted octanol–water partition coefficient (Wildman–Crippen LogP) is -3.13. The third-order valence-corrected chi connectivity index (χ3v) is 4.25. The maximum absolute atomic E-state index is 10.3. The van der Waals surface area contributed by atoms with Crippen molar-refractivity contribution in [3.63, 3.8) is 0 Å². The molecule has 114 valence electrons. The Balaban J connectivity index is 4.32. The van der Waals surface area contributed by atoms with Gasteiger partial charge >= 0.3 is 0 Å². The smallest absolute Gasteiger partial charge is 0.265 e. The first-order chi connectivity index (χ1) is 9.25. The fourth-order valence-electron chi connectivity index (χ4n) is 0.778. The van der Waals surface area contributed by atoms with Gasteiger partial charge in [-0.05, 0) is 0 Å². The van der Waals surface area contributed by atoms with E-state index in [1.54, 1.807) is 0 Å². The highest BCUT2D eigenvalue weighted by Gasteiger charge is 2.34. The summed E-state index contributed by atoms with van der Waals surface area (Å²) in [6, 6.07) is 0. The van der Waals surface area contributed by atoms with E-state index in [0.29, 0.717) is 21.6 Å². The SMILES string of the molecule is O=CN(C=O)C(O)(O)CSSCC(O)(O)N(C=O)C=O. The first kappa shape index (κ1) is 18.8. The van der Waals surface area contributed by atoms with Gasteiger partial charge < -0.3 is 20.4 Å². The van der Waals surface area contributed by atoms with Gasteiger partial charge in [-0.3, -0.25) is 19.2 Å². The first-order valence-electron chi connectivity index (χ1n) is 4.77. The van der Waals surface area contributed by atoms with Gasteiger partial charge in [-0.15, -0.1) is 0 Å². The molecule has 4 N–H and O–H groups in total. The lowest BCUT2D eigenvalue weighted by molar-refractivity contribution is -0.228. The van der Waals surface area contributed by atoms with Crippen molar-refractivity contribution in [2.24, 2.45) is 0 Å². The lowest BCUT2D eigenvalue weighted by Gasteiger charge is -2.28. The van der Waals surface area contributed by atoms with Crippen LogP contribution in [0.15, 0.2) is 0 Å². The second-order valence-corrected chi connectivity index (χ2v) is 5.77. The minimum atomic E-state index is -2.75. The number of nitrogens with zero attached hydrogens (tertiary/aromatic N) is 2. The summed E-state index contributed by atoms with van der Waals surface area (Å²) >= 11 is 0. The first-order valence-corrected chi connectivity index (χ1v) is 7.26. The lowest BCUT2D eigenvalue weighted by atomic mass is 10.5. The highest BCUT2D eigenvalue weighted by Crippen LogP contribution is 2.28. The largest absolute Gasteiger partial charge is 0.348 e. The average Bonchev–Trinajstić information content (AvgIpc) is 2.37. The molecular formula is C8H12N2O8S2. The van der Waals surface area contributed by atoms with Crippen LogP contribution in [0, 0.1) is 0 Å². The predicted molar refractivity (Wildman–Crippen MR) is 67.2 cm³/mol. The molecule has 0 aromatic carbocycles. The number of aliphatic hydroxyl groups is 4. The number of carbonyl (C=O) groups is 4. The second-order valence-electron chi connectivity index (χ2n) is 3.31. The zero-order valence-corrected chi connectivity index (χ0v) is 11.5. The van der Waals surface area contributed by atoms with E-state index in [2.05, 4.69) is 0 Å². The quantitative estimate of drug-likeness (QED) is 0.132. The van der Waals surface area contributed by atoms with Crippen LogP contribution in [-0.4, -0.2) is 79.2 Å². The fraction of sp³-hybridized carbons (Fsp3) is 0.500. The number of imide groups is 2. The molecule has 0 saturated carbocycles. The molecule has 0 spiro atoms. The van der Waals surface area contributed by atoms with Crippen molar-refractivity contribution in [3.05, 3.63) is 0 Å².